The zero-order valence-electron chi connectivity index (χ0n) is 17.4. The van der Waals surface area contributed by atoms with Gasteiger partial charge in [0.05, 0.1) is 21.2 Å². The largest absolute Gasteiger partial charge is 0.487 e. The molecule has 0 aliphatic carbocycles. The number of hydrogen-bond donors (Lipinski definition) is 3. The summed E-state index contributed by atoms with van der Waals surface area (Å²) in [4.78, 5) is 25.8. The molecule has 0 aliphatic rings. The second-order valence-corrected chi connectivity index (χ2v) is 8.63. The Hall–Kier alpha value is -2.72. The van der Waals surface area contributed by atoms with Crippen LogP contribution in [-0.2, 0) is 6.54 Å². The van der Waals surface area contributed by atoms with Crippen LogP contribution in [-0.4, -0.2) is 24.8 Å². The molecule has 3 aromatic rings. The molecule has 0 atom stereocenters. The zero-order chi connectivity index (χ0) is 24.8. The van der Waals surface area contributed by atoms with E-state index in [0.717, 1.165) is 4.47 Å². The van der Waals surface area contributed by atoms with Crippen molar-refractivity contribution in [3.8, 4) is 5.75 Å². The number of carbonyl (C=O) groups excluding carboxylic acids is 2. The quantitative estimate of drug-likeness (QED) is 0.293. The van der Waals surface area contributed by atoms with Gasteiger partial charge in [-0.25, -0.2) is 8.78 Å². The molecule has 3 rings (SSSR count). The molecule has 0 aliphatic heterocycles. The lowest BCUT2D eigenvalue weighted by Crippen LogP contribution is -2.18. The first kappa shape index (κ1) is 25.9. The average molecular weight is 573 g/mol. The number of carbonyl (C=O) groups is 2. The third-order valence-electron chi connectivity index (χ3n) is 4.57. The van der Waals surface area contributed by atoms with E-state index in [2.05, 4.69) is 26.6 Å². The van der Waals surface area contributed by atoms with Gasteiger partial charge in [0, 0.05) is 22.4 Å². The average Bonchev–Trinajstić information content (AvgIpc) is 2.79. The predicted octanol–water partition coefficient (Wildman–Crippen LogP) is 6.36. The molecule has 3 aromatic carbocycles. The molecule has 0 aromatic heterocycles. The number of nitrogens with two attached hydrogens (primary N) is 1. The van der Waals surface area contributed by atoms with Crippen LogP contribution < -0.4 is 21.1 Å². The summed E-state index contributed by atoms with van der Waals surface area (Å²) >= 11 is 15.7. The van der Waals surface area contributed by atoms with Crippen LogP contribution in [0, 0.1) is 0 Å². The molecule has 2 amide bonds. The van der Waals surface area contributed by atoms with Gasteiger partial charge in [0.1, 0.15) is 12.4 Å². The maximum absolute atomic E-state index is 12.9. The Kier molecular flexibility index (Phi) is 8.84. The first-order chi connectivity index (χ1) is 16.2. The summed E-state index contributed by atoms with van der Waals surface area (Å²) < 4.78 is 31.3. The van der Waals surface area contributed by atoms with Crippen LogP contribution >= 0.6 is 39.1 Å². The number of benzene rings is 3. The second kappa shape index (κ2) is 11.6. The van der Waals surface area contributed by atoms with Crippen LogP contribution in [0.5, 0.6) is 5.75 Å². The third-order valence-corrected chi connectivity index (χ3v) is 5.84. The molecule has 0 saturated carbocycles. The van der Waals surface area contributed by atoms with E-state index in [0.29, 0.717) is 11.3 Å². The summed E-state index contributed by atoms with van der Waals surface area (Å²) in [6.07, 6.45) is -2.74. The van der Waals surface area contributed by atoms with E-state index < -0.39 is 24.8 Å². The minimum atomic E-state index is -2.74. The van der Waals surface area contributed by atoms with Crippen LogP contribution in [0.3, 0.4) is 0 Å². The molecule has 11 heteroatoms. The Morgan fingerprint density at radius 3 is 2.26 bits per heavy atom. The molecule has 6 nitrogen and oxygen atoms in total. The van der Waals surface area contributed by atoms with Gasteiger partial charge >= 0.3 is 0 Å². The molecular weight excluding hydrogens is 555 g/mol. The van der Waals surface area contributed by atoms with E-state index in [1.54, 1.807) is 30.3 Å². The summed E-state index contributed by atoms with van der Waals surface area (Å²) in [5, 5.41) is 5.50. The summed E-state index contributed by atoms with van der Waals surface area (Å²) in [5.74, 6) is -1.33. The number of rotatable bonds is 8. The number of anilines is 2. The summed E-state index contributed by atoms with van der Waals surface area (Å²) in [6, 6.07) is 13.9. The zero-order valence-corrected chi connectivity index (χ0v) is 20.5. The van der Waals surface area contributed by atoms with Crippen molar-refractivity contribution >= 4 is 62.3 Å². The smallest absolute Gasteiger partial charge is 0.272 e. The molecule has 178 valence electrons. The van der Waals surface area contributed by atoms with Gasteiger partial charge in [-0.05, 0) is 54.1 Å². The maximum atomic E-state index is 12.9. The first-order valence-electron chi connectivity index (χ1n) is 9.79. The fraction of sp³-hybridized carbons (Fsp3) is 0.130. The fourth-order valence-corrected chi connectivity index (χ4v) is 3.83. The highest BCUT2D eigenvalue weighted by Gasteiger charge is 2.20. The van der Waals surface area contributed by atoms with Gasteiger partial charge in [-0.3, -0.25) is 9.59 Å². The highest BCUT2D eigenvalue weighted by Crippen LogP contribution is 2.30. The fourth-order valence-electron chi connectivity index (χ4n) is 2.95. The highest BCUT2D eigenvalue weighted by atomic mass is 79.9. The van der Waals surface area contributed by atoms with Gasteiger partial charge in [-0.2, -0.15) is 0 Å². The normalized spacial score (nSPS) is 10.8. The molecule has 0 spiro atoms. The van der Waals surface area contributed by atoms with Crippen LogP contribution in [0.15, 0.2) is 59.1 Å². The van der Waals surface area contributed by atoms with E-state index in [-0.39, 0.29) is 39.2 Å². The number of amides is 2. The second-order valence-electron chi connectivity index (χ2n) is 6.93. The molecule has 0 saturated heterocycles. The number of alkyl halides is 2. The lowest BCUT2D eigenvalue weighted by atomic mass is 10.1. The van der Waals surface area contributed by atoms with E-state index in [1.807, 2.05) is 0 Å². The summed E-state index contributed by atoms with van der Waals surface area (Å²) in [5.41, 5.74) is 6.79. The number of hydrogen-bond acceptors (Lipinski definition) is 4. The van der Waals surface area contributed by atoms with Gasteiger partial charge in [0.2, 0.25) is 0 Å². The topological polar surface area (TPSA) is 93.5 Å². The van der Waals surface area contributed by atoms with E-state index >= 15 is 0 Å². The molecule has 4 N–H and O–H groups in total. The molecule has 0 radical (unpaired) electrons. The van der Waals surface area contributed by atoms with Crippen molar-refractivity contribution in [3.63, 3.8) is 0 Å². The van der Waals surface area contributed by atoms with Crippen molar-refractivity contribution in [3.05, 3.63) is 85.8 Å². The van der Waals surface area contributed by atoms with Gasteiger partial charge in [-0.1, -0.05) is 45.2 Å². The Labute approximate surface area is 212 Å². The van der Waals surface area contributed by atoms with Gasteiger partial charge in [-0.15, -0.1) is 0 Å². The van der Waals surface area contributed by atoms with Crippen molar-refractivity contribution in [2.24, 2.45) is 5.73 Å². The van der Waals surface area contributed by atoms with E-state index in [1.165, 1.54) is 24.3 Å². The van der Waals surface area contributed by atoms with Crippen LogP contribution in [0.1, 0.15) is 26.3 Å². The Bertz CT molecular complexity index is 1210. The van der Waals surface area contributed by atoms with Crippen LogP contribution in [0.2, 0.25) is 10.0 Å². The molecule has 0 bridgehead atoms. The van der Waals surface area contributed by atoms with Gasteiger partial charge in [0.15, 0.2) is 0 Å². The van der Waals surface area contributed by atoms with Crippen molar-refractivity contribution in [1.29, 1.82) is 0 Å². The van der Waals surface area contributed by atoms with E-state index in [4.69, 9.17) is 33.7 Å². The van der Waals surface area contributed by atoms with Crippen molar-refractivity contribution in [2.75, 3.05) is 17.2 Å². The van der Waals surface area contributed by atoms with E-state index in [9.17, 15) is 18.4 Å². The number of ether oxygens (including phenoxy) is 1. The number of halogens is 5. The van der Waals surface area contributed by atoms with Crippen molar-refractivity contribution < 1.29 is 23.1 Å². The Balaban J connectivity index is 1.91. The van der Waals surface area contributed by atoms with Crippen molar-refractivity contribution in [2.45, 2.75) is 13.0 Å². The monoisotopic (exact) mass is 571 g/mol. The van der Waals surface area contributed by atoms with Crippen LogP contribution in [0.25, 0.3) is 0 Å². The lowest BCUT2D eigenvalue weighted by Gasteiger charge is -2.15. The molecule has 0 unspecified atom stereocenters. The highest BCUT2D eigenvalue weighted by molar-refractivity contribution is 9.10. The summed E-state index contributed by atoms with van der Waals surface area (Å²) in [6.45, 7) is -0.797. The summed E-state index contributed by atoms with van der Waals surface area (Å²) in [7, 11) is 0. The lowest BCUT2D eigenvalue weighted by molar-refractivity contribution is 0.0803. The molecule has 34 heavy (non-hydrogen) atoms. The van der Waals surface area contributed by atoms with Crippen LogP contribution in [0.4, 0.5) is 20.2 Å². The third kappa shape index (κ3) is 6.44. The minimum Gasteiger partial charge on any atom is -0.487 e. The van der Waals surface area contributed by atoms with Crippen molar-refractivity contribution in [1.82, 2.24) is 0 Å². The minimum absolute atomic E-state index is 0.0187. The standard InChI is InChI=1S/C23H18BrCl2F2N3O3/c24-13-2-4-14(5-3-13)30-22(32)16-9-15(6-8-18(16)34-11-19(27)28)31-23(33)20-17(25)7-1-12(10-29)21(20)26/h1-9,19H,10-11,29H2,(H,30,32)(H,31,33). The van der Waals surface area contributed by atoms with Gasteiger partial charge < -0.3 is 21.1 Å². The maximum Gasteiger partial charge on any atom is 0.272 e. The molecule has 0 heterocycles. The molecular formula is C23H18BrCl2F2N3O3. The van der Waals surface area contributed by atoms with Gasteiger partial charge in [0.25, 0.3) is 18.2 Å². The Morgan fingerprint density at radius 2 is 1.62 bits per heavy atom. The Morgan fingerprint density at radius 1 is 0.971 bits per heavy atom. The molecule has 0 fully saturated rings. The SMILES string of the molecule is NCc1ccc(Cl)c(C(=O)Nc2ccc(OCC(F)F)c(C(=O)Nc3ccc(Br)cc3)c2)c1Cl. The predicted molar refractivity (Wildman–Crippen MR) is 132 cm³/mol. The number of nitrogens with one attached hydrogen (secondary N) is 2. The first-order valence-corrected chi connectivity index (χ1v) is 11.3.